The number of benzene rings is 1. The van der Waals surface area contributed by atoms with Crippen molar-refractivity contribution in [2.45, 2.75) is 25.9 Å². The molecule has 1 aromatic carbocycles. The van der Waals surface area contributed by atoms with Gasteiger partial charge in [0, 0.05) is 11.6 Å². The molecule has 1 aliphatic rings. The fourth-order valence-corrected chi connectivity index (χ4v) is 3.26. The summed E-state index contributed by atoms with van der Waals surface area (Å²) in [6.45, 7) is 4.90. The second-order valence-electron chi connectivity index (χ2n) is 4.30. The van der Waals surface area contributed by atoms with Crippen LogP contribution in [0.25, 0.3) is 0 Å². The highest BCUT2D eigenvalue weighted by Crippen LogP contribution is 2.47. The van der Waals surface area contributed by atoms with Gasteiger partial charge in [0.2, 0.25) is 0 Å². The Balaban J connectivity index is 2.46. The number of nitrogens with one attached hydrogen (secondary N) is 1. The number of fused-ring (bicyclic) bond motifs is 1. The quantitative estimate of drug-likeness (QED) is 0.887. The van der Waals surface area contributed by atoms with Crippen molar-refractivity contribution in [1.82, 2.24) is 5.32 Å². The van der Waals surface area contributed by atoms with E-state index >= 15 is 0 Å². The van der Waals surface area contributed by atoms with Gasteiger partial charge in [-0.15, -0.1) is 0 Å². The van der Waals surface area contributed by atoms with Crippen LogP contribution in [0.15, 0.2) is 15.0 Å². The molecule has 0 aromatic heterocycles. The summed E-state index contributed by atoms with van der Waals surface area (Å²) in [4.78, 5) is 0. The van der Waals surface area contributed by atoms with Crippen molar-refractivity contribution < 1.29 is 9.47 Å². The zero-order valence-electron chi connectivity index (χ0n) is 10.0. The molecule has 3 nitrogen and oxygen atoms in total. The van der Waals surface area contributed by atoms with Crippen molar-refractivity contribution >= 4 is 31.9 Å². The fourth-order valence-electron chi connectivity index (χ4n) is 2.00. The minimum absolute atomic E-state index is 0.200. The molecule has 2 rings (SSSR count). The van der Waals surface area contributed by atoms with Crippen molar-refractivity contribution in [2.24, 2.45) is 0 Å². The number of methoxy groups -OCH3 is 1. The van der Waals surface area contributed by atoms with Crippen LogP contribution in [0.3, 0.4) is 0 Å². The smallest absolute Gasteiger partial charge is 0.139 e. The van der Waals surface area contributed by atoms with Crippen LogP contribution in [-0.4, -0.2) is 19.8 Å². The van der Waals surface area contributed by atoms with Crippen LogP contribution >= 0.6 is 31.9 Å². The van der Waals surface area contributed by atoms with Gasteiger partial charge in [0.1, 0.15) is 18.1 Å². The van der Waals surface area contributed by atoms with Crippen molar-refractivity contribution in [2.75, 3.05) is 13.7 Å². The standard InChI is InChI=1S/C12H15Br2NO2/c1-6(2)15-8-5-17-12-7(13)4-9(16-3)11(14)10(8)12/h4,6,8,15H,5H2,1-3H3. The summed E-state index contributed by atoms with van der Waals surface area (Å²) in [5.41, 5.74) is 1.13. The van der Waals surface area contributed by atoms with Crippen LogP contribution in [0.4, 0.5) is 0 Å². The van der Waals surface area contributed by atoms with Crippen LogP contribution in [0, 0.1) is 0 Å². The molecule has 0 saturated heterocycles. The van der Waals surface area contributed by atoms with Gasteiger partial charge in [0.25, 0.3) is 0 Å². The second-order valence-corrected chi connectivity index (χ2v) is 5.95. The molecule has 0 bridgehead atoms. The summed E-state index contributed by atoms with van der Waals surface area (Å²) in [7, 11) is 1.67. The average molecular weight is 365 g/mol. The molecule has 0 radical (unpaired) electrons. The molecule has 1 heterocycles. The summed E-state index contributed by atoms with van der Waals surface area (Å²) in [5, 5.41) is 3.49. The summed E-state index contributed by atoms with van der Waals surface area (Å²) in [5.74, 6) is 1.72. The van der Waals surface area contributed by atoms with Gasteiger partial charge >= 0.3 is 0 Å². The number of hydrogen-bond acceptors (Lipinski definition) is 3. The minimum atomic E-state index is 0.200. The van der Waals surface area contributed by atoms with E-state index in [0.29, 0.717) is 12.6 Å². The average Bonchev–Trinajstić information content (AvgIpc) is 2.67. The van der Waals surface area contributed by atoms with Gasteiger partial charge < -0.3 is 14.8 Å². The zero-order chi connectivity index (χ0) is 12.6. The molecule has 94 valence electrons. The van der Waals surface area contributed by atoms with E-state index in [1.54, 1.807) is 7.11 Å². The topological polar surface area (TPSA) is 30.5 Å². The molecule has 0 fully saturated rings. The lowest BCUT2D eigenvalue weighted by Gasteiger charge is -2.17. The monoisotopic (exact) mass is 363 g/mol. The third kappa shape index (κ3) is 2.46. The SMILES string of the molecule is COc1cc(Br)c2c(c1Br)C(NC(C)C)CO2. The molecule has 0 aliphatic carbocycles. The highest BCUT2D eigenvalue weighted by Gasteiger charge is 2.30. The van der Waals surface area contributed by atoms with Crippen LogP contribution < -0.4 is 14.8 Å². The first kappa shape index (κ1) is 13.2. The van der Waals surface area contributed by atoms with Crippen molar-refractivity contribution in [3.63, 3.8) is 0 Å². The summed E-state index contributed by atoms with van der Waals surface area (Å²) in [6, 6.07) is 2.53. The second kappa shape index (κ2) is 5.16. The Morgan fingerprint density at radius 3 is 2.76 bits per heavy atom. The molecular formula is C12H15Br2NO2. The summed E-state index contributed by atoms with van der Waals surface area (Å²) < 4.78 is 13.0. The molecule has 1 aromatic rings. The molecule has 17 heavy (non-hydrogen) atoms. The van der Waals surface area contributed by atoms with Crippen molar-refractivity contribution in [3.05, 3.63) is 20.6 Å². The third-order valence-electron chi connectivity index (χ3n) is 2.67. The Kier molecular flexibility index (Phi) is 4.00. The van der Waals surface area contributed by atoms with E-state index in [1.165, 1.54) is 0 Å². The van der Waals surface area contributed by atoms with Gasteiger partial charge in [-0.3, -0.25) is 0 Å². The Morgan fingerprint density at radius 2 is 2.18 bits per heavy atom. The Hall–Kier alpha value is -0.260. The van der Waals surface area contributed by atoms with E-state index in [9.17, 15) is 0 Å². The van der Waals surface area contributed by atoms with Gasteiger partial charge in [-0.05, 0) is 37.9 Å². The molecular weight excluding hydrogens is 350 g/mol. The molecule has 1 unspecified atom stereocenters. The zero-order valence-corrected chi connectivity index (χ0v) is 13.2. The van der Waals surface area contributed by atoms with Gasteiger partial charge in [0.15, 0.2) is 0 Å². The molecule has 0 spiro atoms. The lowest BCUT2D eigenvalue weighted by molar-refractivity contribution is 0.302. The molecule has 0 amide bonds. The highest BCUT2D eigenvalue weighted by molar-refractivity contribution is 9.11. The predicted molar refractivity (Wildman–Crippen MR) is 74.9 cm³/mol. The van der Waals surface area contributed by atoms with Crippen molar-refractivity contribution in [1.29, 1.82) is 0 Å². The first-order valence-electron chi connectivity index (χ1n) is 5.49. The first-order chi connectivity index (χ1) is 8.04. The van der Waals surface area contributed by atoms with Crippen LogP contribution in [0.5, 0.6) is 11.5 Å². The van der Waals surface area contributed by atoms with Crippen LogP contribution in [-0.2, 0) is 0 Å². The third-order valence-corrected chi connectivity index (χ3v) is 4.08. The molecule has 1 N–H and O–H groups in total. The Bertz CT molecular complexity index is 435. The number of halogens is 2. The van der Waals surface area contributed by atoms with Gasteiger partial charge in [0.05, 0.1) is 22.1 Å². The molecule has 0 saturated carbocycles. The maximum atomic E-state index is 5.73. The van der Waals surface area contributed by atoms with E-state index in [2.05, 4.69) is 51.0 Å². The van der Waals surface area contributed by atoms with Crippen LogP contribution in [0.2, 0.25) is 0 Å². The van der Waals surface area contributed by atoms with E-state index in [0.717, 1.165) is 26.0 Å². The maximum absolute atomic E-state index is 5.73. The van der Waals surface area contributed by atoms with Gasteiger partial charge in [-0.2, -0.15) is 0 Å². The predicted octanol–water partition coefficient (Wildman–Crippen LogP) is 3.65. The molecule has 5 heteroatoms. The van der Waals surface area contributed by atoms with E-state index < -0.39 is 0 Å². The summed E-state index contributed by atoms with van der Waals surface area (Å²) >= 11 is 7.10. The minimum Gasteiger partial charge on any atom is -0.496 e. The Labute approximate surface area is 118 Å². The van der Waals surface area contributed by atoms with Crippen molar-refractivity contribution in [3.8, 4) is 11.5 Å². The molecule has 1 atom stereocenters. The lowest BCUT2D eigenvalue weighted by atomic mass is 10.1. The number of hydrogen-bond donors (Lipinski definition) is 1. The lowest BCUT2D eigenvalue weighted by Crippen LogP contribution is -2.29. The van der Waals surface area contributed by atoms with Gasteiger partial charge in [-0.1, -0.05) is 13.8 Å². The van der Waals surface area contributed by atoms with E-state index in [1.807, 2.05) is 6.07 Å². The fraction of sp³-hybridized carbons (Fsp3) is 0.500. The highest BCUT2D eigenvalue weighted by atomic mass is 79.9. The largest absolute Gasteiger partial charge is 0.496 e. The first-order valence-corrected chi connectivity index (χ1v) is 7.08. The van der Waals surface area contributed by atoms with Gasteiger partial charge in [-0.25, -0.2) is 0 Å². The van der Waals surface area contributed by atoms with E-state index in [4.69, 9.17) is 9.47 Å². The summed E-state index contributed by atoms with van der Waals surface area (Å²) in [6.07, 6.45) is 0. The Morgan fingerprint density at radius 1 is 1.47 bits per heavy atom. The molecule has 1 aliphatic heterocycles. The number of ether oxygens (including phenoxy) is 2. The maximum Gasteiger partial charge on any atom is 0.139 e. The number of rotatable bonds is 3. The van der Waals surface area contributed by atoms with E-state index in [-0.39, 0.29) is 6.04 Å². The normalized spacial score (nSPS) is 18.1. The van der Waals surface area contributed by atoms with Crippen LogP contribution in [0.1, 0.15) is 25.5 Å².